The standard InChI is InChI=1S/C40H46F4N4O5Si/c1-25-23-45-37(51-7)26(2)35(25)47-36(49)31-21-32(41)33(22-34(31)53-27(3)40(42,43)44)46-38(50)48-20-14-15-28(48)24-52-54(39(4,5)6,29-16-10-8-11-17-29)30-18-12-9-13-19-30/h8-13,16-19,21-23,27-28H,14-15,20,24H2,1-7H3,(H,46,50)(H,45,47,49). The lowest BCUT2D eigenvalue weighted by atomic mass is 10.1. The number of ether oxygens (including phenoxy) is 2. The predicted molar refractivity (Wildman–Crippen MR) is 203 cm³/mol. The second kappa shape index (κ2) is 16.2. The summed E-state index contributed by atoms with van der Waals surface area (Å²) in [7, 11) is -1.54. The first-order valence-electron chi connectivity index (χ1n) is 17.7. The molecule has 2 heterocycles. The number of likely N-dealkylation sites (tertiary alicyclic amines) is 1. The normalized spacial score (nSPS) is 15.5. The molecule has 1 aliphatic heterocycles. The van der Waals surface area contributed by atoms with Crippen LogP contribution >= 0.6 is 0 Å². The van der Waals surface area contributed by atoms with Crippen molar-refractivity contribution >= 4 is 42.0 Å². The Hall–Kier alpha value is -4.95. The summed E-state index contributed by atoms with van der Waals surface area (Å²) in [5.74, 6) is -2.32. The summed E-state index contributed by atoms with van der Waals surface area (Å²) in [5, 5.41) is 7.01. The van der Waals surface area contributed by atoms with Crippen LogP contribution in [0.4, 0.5) is 33.7 Å². The number of rotatable bonds is 11. The van der Waals surface area contributed by atoms with Crippen LogP contribution in [-0.4, -0.2) is 68.7 Å². The number of alkyl halides is 3. The van der Waals surface area contributed by atoms with Gasteiger partial charge in [0.05, 0.1) is 36.7 Å². The van der Waals surface area contributed by atoms with E-state index in [2.05, 4.69) is 60.7 Å². The Bertz CT molecular complexity index is 1920. The molecule has 2 unspecified atom stereocenters. The molecule has 1 fully saturated rings. The Labute approximate surface area is 314 Å². The number of nitrogens with one attached hydrogen (secondary N) is 2. The van der Waals surface area contributed by atoms with Gasteiger partial charge in [-0.3, -0.25) is 4.79 Å². The van der Waals surface area contributed by atoms with Crippen molar-refractivity contribution in [2.75, 3.05) is 30.9 Å². The number of halogens is 4. The maximum atomic E-state index is 15.8. The molecule has 9 nitrogen and oxygen atoms in total. The third-order valence-corrected chi connectivity index (χ3v) is 14.8. The number of aryl methyl sites for hydroxylation is 1. The van der Waals surface area contributed by atoms with Crippen molar-refractivity contribution in [1.82, 2.24) is 9.88 Å². The van der Waals surface area contributed by atoms with Crippen LogP contribution in [0.5, 0.6) is 11.6 Å². The Kier molecular flexibility index (Phi) is 12.1. The van der Waals surface area contributed by atoms with E-state index in [4.69, 9.17) is 13.9 Å². The summed E-state index contributed by atoms with van der Waals surface area (Å²) in [6.07, 6.45) is -4.41. The molecule has 0 spiro atoms. The zero-order chi connectivity index (χ0) is 39.4. The number of carbonyl (C=O) groups excluding carboxylic acids is 2. The third kappa shape index (κ3) is 8.39. The Morgan fingerprint density at radius 2 is 1.59 bits per heavy atom. The SMILES string of the molecule is COc1ncc(C)c(NC(=O)c2cc(F)c(NC(=O)N3CCCC3CO[Si](c3ccccc3)(c3ccccc3)C(C)(C)C)cc2OC(C)C(F)(F)F)c1C. The van der Waals surface area contributed by atoms with Gasteiger partial charge in [-0.1, -0.05) is 81.4 Å². The molecule has 1 aliphatic rings. The summed E-state index contributed by atoms with van der Waals surface area (Å²) in [6, 6.07) is 20.8. The minimum absolute atomic E-state index is 0.207. The minimum atomic E-state index is -4.80. The molecule has 2 N–H and O–H groups in total. The molecule has 14 heteroatoms. The lowest BCUT2D eigenvalue weighted by Gasteiger charge is -2.44. The van der Waals surface area contributed by atoms with Crippen LogP contribution in [0.25, 0.3) is 0 Å². The van der Waals surface area contributed by atoms with E-state index in [9.17, 15) is 22.8 Å². The Balaban J connectivity index is 1.43. The Morgan fingerprint density at radius 3 is 2.15 bits per heavy atom. The number of carbonyl (C=O) groups is 2. The molecule has 2 atom stereocenters. The fourth-order valence-corrected chi connectivity index (χ4v) is 11.5. The highest BCUT2D eigenvalue weighted by molar-refractivity contribution is 6.99. The van der Waals surface area contributed by atoms with E-state index in [1.54, 1.807) is 18.7 Å². The van der Waals surface area contributed by atoms with Crippen molar-refractivity contribution in [1.29, 1.82) is 0 Å². The first kappa shape index (κ1) is 40.2. The van der Waals surface area contributed by atoms with Gasteiger partial charge in [-0.05, 0) is 60.7 Å². The van der Waals surface area contributed by atoms with Gasteiger partial charge < -0.3 is 29.4 Å². The molecule has 0 saturated carbocycles. The van der Waals surface area contributed by atoms with E-state index in [0.717, 1.165) is 29.4 Å². The molecule has 0 aliphatic carbocycles. The highest BCUT2D eigenvalue weighted by Gasteiger charge is 2.51. The van der Waals surface area contributed by atoms with Crippen molar-refractivity contribution in [3.05, 3.63) is 102 Å². The number of anilines is 2. The van der Waals surface area contributed by atoms with E-state index in [1.807, 2.05) is 36.4 Å². The smallest absolute Gasteiger partial charge is 0.425 e. The minimum Gasteiger partial charge on any atom is -0.481 e. The monoisotopic (exact) mass is 766 g/mol. The summed E-state index contributed by atoms with van der Waals surface area (Å²) >= 11 is 0. The largest absolute Gasteiger partial charge is 0.481 e. The molecule has 5 rings (SSSR count). The van der Waals surface area contributed by atoms with Crippen molar-refractivity contribution in [2.24, 2.45) is 0 Å². The molecular weight excluding hydrogens is 721 g/mol. The molecule has 4 aromatic rings. The number of methoxy groups -OCH3 is 1. The number of hydrogen-bond acceptors (Lipinski definition) is 6. The zero-order valence-electron chi connectivity index (χ0n) is 31.4. The van der Waals surface area contributed by atoms with Gasteiger partial charge in [0.2, 0.25) is 5.88 Å². The first-order chi connectivity index (χ1) is 25.5. The first-order valence-corrected chi connectivity index (χ1v) is 19.6. The van der Waals surface area contributed by atoms with Crippen LogP contribution in [0, 0.1) is 19.7 Å². The van der Waals surface area contributed by atoms with Crippen LogP contribution in [-0.2, 0) is 4.43 Å². The topological polar surface area (TPSA) is 102 Å². The molecule has 54 heavy (non-hydrogen) atoms. The summed E-state index contributed by atoms with van der Waals surface area (Å²) in [5.41, 5.74) is 0.336. The quantitative estimate of drug-likeness (QED) is 0.119. The van der Waals surface area contributed by atoms with Crippen LogP contribution < -0.4 is 30.5 Å². The van der Waals surface area contributed by atoms with Crippen LogP contribution in [0.3, 0.4) is 0 Å². The van der Waals surface area contributed by atoms with Crippen molar-refractivity contribution in [3.8, 4) is 11.6 Å². The molecule has 1 saturated heterocycles. The van der Waals surface area contributed by atoms with E-state index in [1.165, 1.54) is 13.3 Å². The van der Waals surface area contributed by atoms with Gasteiger partial charge in [0.15, 0.2) is 6.10 Å². The molecule has 0 radical (unpaired) electrons. The molecule has 1 aromatic heterocycles. The van der Waals surface area contributed by atoms with Crippen LogP contribution in [0.15, 0.2) is 79.0 Å². The lowest BCUT2D eigenvalue weighted by molar-refractivity contribution is -0.189. The predicted octanol–water partition coefficient (Wildman–Crippen LogP) is 8.00. The number of pyridine rings is 1. The van der Waals surface area contributed by atoms with E-state index in [0.29, 0.717) is 36.2 Å². The summed E-state index contributed by atoms with van der Waals surface area (Å²) in [6.45, 7) is 11.1. The van der Waals surface area contributed by atoms with Gasteiger partial charge in [-0.2, -0.15) is 13.2 Å². The fourth-order valence-electron chi connectivity index (χ4n) is 6.93. The number of hydrogen-bond donors (Lipinski definition) is 2. The van der Waals surface area contributed by atoms with Gasteiger partial charge >= 0.3 is 12.2 Å². The Morgan fingerprint density at radius 1 is 0.981 bits per heavy atom. The second-order valence-electron chi connectivity index (χ2n) is 14.4. The highest BCUT2D eigenvalue weighted by Crippen LogP contribution is 2.38. The maximum absolute atomic E-state index is 15.8. The maximum Gasteiger partial charge on any atom is 0.425 e. The summed E-state index contributed by atoms with van der Waals surface area (Å²) < 4.78 is 74.4. The lowest BCUT2D eigenvalue weighted by Crippen LogP contribution is -2.67. The zero-order valence-corrected chi connectivity index (χ0v) is 32.4. The van der Waals surface area contributed by atoms with E-state index >= 15 is 4.39 Å². The number of aromatic nitrogens is 1. The van der Waals surface area contributed by atoms with Crippen molar-refractivity contribution < 1.29 is 41.1 Å². The second-order valence-corrected chi connectivity index (χ2v) is 18.7. The molecule has 0 bridgehead atoms. The molecule has 288 valence electrons. The summed E-state index contributed by atoms with van der Waals surface area (Å²) in [4.78, 5) is 33.0. The van der Waals surface area contributed by atoms with Crippen molar-refractivity contribution in [3.63, 3.8) is 0 Å². The number of amides is 3. The highest BCUT2D eigenvalue weighted by atomic mass is 28.4. The van der Waals surface area contributed by atoms with Gasteiger partial charge in [0.25, 0.3) is 14.2 Å². The third-order valence-electron chi connectivity index (χ3n) is 9.76. The van der Waals surface area contributed by atoms with Crippen LogP contribution in [0.1, 0.15) is 62.0 Å². The van der Waals surface area contributed by atoms with E-state index in [-0.39, 0.29) is 23.6 Å². The molecule has 3 aromatic carbocycles. The van der Waals surface area contributed by atoms with E-state index < -0.39 is 55.4 Å². The van der Waals surface area contributed by atoms with Gasteiger partial charge in [0, 0.05) is 24.4 Å². The van der Waals surface area contributed by atoms with Gasteiger partial charge in [-0.15, -0.1) is 0 Å². The molecular formula is C40H46F4N4O5Si. The molecule has 3 amide bonds. The number of nitrogens with zero attached hydrogens (tertiary/aromatic N) is 2. The number of urea groups is 1. The average molecular weight is 767 g/mol. The average Bonchev–Trinajstić information content (AvgIpc) is 3.60. The van der Waals surface area contributed by atoms with Crippen LogP contribution in [0.2, 0.25) is 5.04 Å². The fraction of sp³-hybridized carbons (Fsp3) is 0.375. The van der Waals surface area contributed by atoms with Crippen molar-refractivity contribution in [2.45, 2.75) is 77.7 Å². The van der Waals surface area contributed by atoms with Gasteiger partial charge in [0.1, 0.15) is 11.6 Å². The number of benzene rings is 3. The van der Waals surface area contributed by atoms with Gasteiger partial charge in [-0.25, -0.2) is 14.2 Å².